The molecule has 2 aliphatic rings. The molecule has 0 aliphatic carbocycles. The zero-order valence-electron chi connectivity index (χ0n) is 15.2. The van der Waals surface area contributed by atoms with Crippen LogP contribution in [-0.2, 0) is 9.59 Å². The number of benzene rings is 1. The molecule has 26 heavy (non-hydrogen) atoms. The van der Waals surface area contributed by atoms with E-state index in [-0.39, 0.29) is 18.4 Å². The maximum absolute atomic E-state index is 11.9. The zero-order valence-corrected chi connectivity index (χ0v) is 15.2. The van der Waals surface area contributed by atoms with Crippen LogP contribution in [0.15, 0.2) is 24.3 Å². The summed E-state index contributed by atoms with van der Waals surface area (Å²) in [5, 5.41) is 6.23. The number of ether oxygens (including phenoxy) is 1. The van der Waals surface area contributed by atoms with Crippen molar-refractivity contribution in [3.05, 3.63) is 24.3 Å². The van der Waals surface area contributed by atoms with Crippen LogP contribution in [0.3, 0.4) is 0 Å². The summed E-state index contributed by atoms with van der Waals surface area (Å²) in [7, 11) is 0. The van der Waals surface area contributed by atoms with Gasteiger partial charge in [-0.25, -0.2) is 0 Å². The lowest BCUT2D eigenvalue weighted by Gasteiger charge is -2.27. The zero-order chi connectivity index (χ0) is 18.2. The van der Waals surface area contributed by atoms with Crippen molar-refractivity contribution < 1.29 is 14.3 Å². The van der Waals surface area contributed by atoms with Crippen LogP contribution >= 0.6 is 0 Å². The summed E-state index contributed by atoms with van der Waals surface area (Å²) < 4.78 is 5.53. The molecule has 0 unspecified atom stereocenters. The molecule has 2 amide bonds. The van der Waals surface area contributed by atoms with Crippen molar-refractivity contribution in [3.63, 3.8) is 0 Å². The van der Waals surface area contributed by atoms with E-state index in [9.17, 15) is 9.59 Å². The Bertz CT molecular complexity index is 599. The molecule has 1 aromatic rings. The van der Waals surface area contributed by atoms with E-state index in [0.717, 1.165) is 57.8 Å². The minimum atomic E-state index is -0.107. The lowest BCUT2D eigenvalue weighted by Crippen LogP contribution is -2.44. The third-order valence-corrected chi connectivity index (χ3v) is 4.77. The smallest absolute Gasteiger partial charge is 0.257 e. The second kappa shape index (κ2) is 9.54. The summed E-state index contributed by atoms with van der Waals surface area (Å²) >= 11 is 0. The van der Waals surface area contributed by atoms with E-state index in [4.69, 9.17) is 4.74 Å². The molecule has 2 heterocycles. The van der Waals surface area contributed by atoms with Crippen LogP contribution in [0.1, 0.15) is 19.3 Å². The van der Waals surface area contributed by atoms with E-state index < -0.39 is 0 Å². The van der Waals surface area contributed by atoms with E-state index in [1.54, 1.807) is 17.0 Å². The Kier molecular flexibility index (Phi) is 6.85. The molecular weight excluding hydrogens is 332 g/mol. The number of hydrogen-bond donors (Lipinski definition) is 2. The van der Waals surface area contributed by atoms with Crippen LogP contribution in [0.25, 0.3) is 0 Å². The summed E-state index contributed by atoms with van der Waals surface area (Å²) in [6.07, 6.45) is 2.48. The van der Waals surface area contributed by atoms with Gasteiger partial charge in [0.05, 0.1) is 0 Å². The fourth-order valence-electron chi connectivity index (χ4n) is 3.31. The molecule has 0 spiro atoms. The number of amides is 2. The number of hydrogen-bond acceptors (Lipinski definition) is 5. The Morgan fingerprint density at radius 2 is 1.92 bits per heavy atom. The highest BCUT2D eigenvalue weighted by Crippen LogP contribution is 2.23. The second-order valence-corrected chi connectivity index (χ2v) is 6.73. The average molecular weight is 360 g/mol. The Labute approximate surface area is 154 Å². The fourth-order valence-corrected chi connectivity index (χ4v) is 3.31. The van der Waals surface area contributed by atoms with Gasteiger partial charge in [-0.05, 0) is 43.7 Å². The van der Waals surface area contributed by atoms with Gasteiger partial charge in [-0.15, -0.1) is 0 Å². The van der Waals surface area contributed by atoms with Crippen molar-refractivity contribution >= 4 is 17.5 Å². The van der Waals surface area contributed by atoms with E-state index in [1.807, 2.05) is 12.1 Å². The molecule has 7 nitrogen and oxygen atoms in total. The van der Waals surface area contributed by atoms with Crippen molar-refractivity contribution in [2.75, 3.05) is 57.3 Å². The average Bonchev–Trinajstić information content (AvgIpc) is 3.11. The highest BCUT2D eigenvalue weighted by atomic mass is 16.5. The summed E-state index contributed by atoms with van der Waals surface area (Å²) in [5.41, 5.74) is 0.886. The molecule has 142 valence electrons. The number of rotatable bonds is 8. The number of carbonyl (C=O) groups is 2. The molecule has 7 heteroatoms. The minimum Gasteiger partial charge on any atom is -0.484 e. The first-order chi connectivity index (χ1) is 12.7. The molecular formula is C19H28N4O3. The predicted octanol–water partition coefficient (Wildman–Crippen LogP) is 0.604. The quantitative estimate of drug-likeness (QED) is 0.665. The van der Waals surface area contributed by atoms with E-state index in [0.29, 0.717) is 18.7 Å². The van der Waals surface area contributed by atoms with Gasteiger partial charge in [-0.1, -0.05) is 0 Å². The first kappa shape index (κ1) is 18.7. The summed E-state index contributed by atoms with van der Waals surface area (Å²) in [4.78, 5) is 27.8. The molecule has 0 saturated carbocycles. The largest absolute Gasteiger partial charge is 0.484 e. The van der Waals surface area contributed by atoms with Gasteiger partial charge in [-0.3, -0.25) is 9.59 Å². The van der Waals surface area contributed by atoms with Gasteiger partial charge in [0, 0.05) is 51.4 Å². The monoisotopic (exact) mass is 360 g/mol. The van der Waals surface area contributed by atoms with Crippen LogP contribution < -0.4 is 20.3 Å². The molecule has 0 radical (unpaired) electrons. The van der Waals surface area contributed by atoms with Gasteiger partial charge < -0.3 is 25.2 Å². The normalized spacial score (nSPS) is 18.2. The van der Waals surface area contributed by atoms with Crippen LogP contribution in [0, 0.1) is 0 Å². The van der Waals surface area contributed by atoms with Crippen molar-refractivity contribution in [2.24, 2.45) is 0 Å². The van der Waals surface area contributed by atoms with E-state index in [1.165, 1.54) is 0 Å². The Balaban J connectivity index is 1.31. The first-order valence-corrected chi connectivity index (χ1v) is 9.45. The molecule has 2 N–H and O–H groups in total. The van der Waals surface area contributed by atoms with Gasteiger partial charge in [0.15, 0.2) is 6.61 Å². The molecule has 1 aromatic carbocycles. The van der Waals surface area contributed by atoms with Gasteiger partial charge >= 0.3 is 0 Å². The van der Waals surface area contributed by atoms with Crippen molar-refractivity contribution in [2.45, 2.75) is 19.3 Å². The summed E-state index contributed by atoms with van der Waals surface area (Å²) in [6.45, 7) is 6.72. The van der Waals surface area contributed by atoms with E-state index >= 15 is 0 Å². The molecule has 0 atom stereocenters. The predicted molar refractivity (Wildman–Crippen MR) is 100 cm³/mol. The second-order valence-electron chi connectivity index (χ2n) is 6.73. The maximum atomic E-state index is 11.9. The Hall–Kier alpha value is -2.12. The van der Waals surface area contributed by atoms with Gasteiger partial charge in [0.25, 0.3) is 5.91 Å². The standard InChI is InChI=1S/C19H28N4O3/c24-18(21-8-2-11-22-13-9-20-10-14-22)15-26-17-6-4-16(5-7-17)23-12-1-3-19(23)25/h4-7,20H,1-3,8-15H2,(H,21,24). The van der Waals surface area contributed by atoms with Crippen molar-refractivity contribution in [3.8, 4) is 5.75 Å². The van der Waals surface area contributed by atoms with E-state index in [2.05, 4.69) is 15.5 Å². The van der Waals surface area contributed by atoms with Gasteiger partial charge in [0.2, 0.25) is 5.91 Å². The topological polar surface area (TPSA) is 73.9 Å². The lowest BCUT2D eigenvalue weighted by molar-refractivity contribution is -0.123. The molecule has 2 aliphatic heterocycles. The fraction of sp³-hybridized carbons (Fsp3) is 0.579. The summed E-state index contributed by atoms with van der Waals surface area (Å²) in [6, 6.07) is 7.34. The van der Waals surface area contributed by atoms with Crippen molar-refractivity contribution in [1.82, 2.24) is 15.5 Å². The SMILES string of the molecule is O=C(COc1ccc(N2CCCC2=O)cc1)NCCCN1CCNCC1. The minimum absolute atomic E-state index is 0.00955. The van der Waals surface area contributed by atoms with Gasteiger partial charge in [-0.2, -0.15) is 0 Å². The van der Waals surface area contributed by atoms with Crippen molar-refractivity contribution in [1.29, 1.82) is 0 Å². The lowest BCUT2D eigenvalue weighted by atomic mass is 10.3. The van der Waals surface area contributed by atoms with Crippen LogP contribution in [0.4, 0.5) is 5.69 Å². The Morgan fingerprint density at radius 3 is 2.62 bits per heavy atom. The van der Waals surface area contributed by atoms with Crippen LogP contribution in [0.2, 0.25) is 0 Å². The molecule has 2 fully saturated rings. The van der Waals surface area contributed by atoms with Crippen LogP contribution in [0.5, 0.6) is 5.75 Å². The molecule has 2 saturated heterocycles. The first-order valence-electron chi connectivity index (χ1n) is 9.45. The molecule has 0 aromatic heterocycles. The maximum Gasteiger partial charge on any atom is 0.257 e. The molecule has 0 bridgehead atoms. The number of piperazine rings is 1. The number of nitrogens with zero attached hydrogens (tertiary/aromatic N) is 2. The number of nitrogens with one attached hydrogen (secondary N) is 2. The van der Waals surface area contributed by atoms with Crippen LogP contribution in [-0.4, -0.2) is 69.1 Å². The third kappa shape index (κ3) is 5.44. The summed E-state index contributed by atoms with van der Waals surface area (Å²) in [5.74, 6) is 0.694. The van der Waals surface area contributed by atoms with Gasteiger partial charge in [0.1, 0.15) is 5.75 Å². The highest BCUT2D eigenvalue weighted by Gasteiger charge is 2.21. The number of anilines is 1. The number of carbonyl (C=O) groups excluding carboxylic acids is 2. The molecule has 3 rings (SSSR count). The Morgan fingerprint density at radius 1 is 1.15 bits per heavy atom. The highest BCUT2D eigenvalue weighted by molar-refractivity contribution is 5.95. The third-order valence-electron chi connectivity index (χ3n) is 4.77.